The Kier molecular flexibility index (Phi) is 11.9. The number of hydrogen-bond donors (Lipinski definition) is 0. The molecule has 0 aliphatic heterocycles. The predicted molar refractivity (Wildman–Crippen MR) is 106 cm³/mol. The summed E-state index contributed by atoms with van der Waals surface area (Å²) in [6, 6.07) is 2.09. The number of unbranched alkanes of at least 4 members (excludes halogenated alkanes) is 4. The molecule has 0 saturated carbocycles. The molecule has 1 aromatic heterocycles. The van der Waals surface area contributed by atoms with Crippen LogP contribution in [-0.4, -0.2) is 18.4 Å². The van der Waals surface area contributed by atoms with Crippen LogP contribution in [0.25, 0.3) is 0 Å². The van der Waals surface area contributed by atoms with Crippen molar-refractivity contribution in [3.8, 4) is 0 Å². The first-order valence-electron chi connectivity index (χ1n) is 9.95. The third-order valence-corrected chi connectivity index (χ3v) is 19.2. The molecule has 0 radical (unpaired) electrons. The van der Waals surface area contributed by atoms with Gasteiger partial charge in [-0.05, 0) is 0 Å². The SMILES string of the molecule is CCC[CH2][Sn]([CH]=CCCCc1ccoc1)([CH2]CCC)[CH2]CCC. The van der Waals surface area contributed by atoms with Gasteiger partial charge in [-0.3, -0.25) is 0 Å². The van der Waals surface area contributed by atoms with Gasteiger partial charge >= 0.3 is 149 Å². The zero-order valence-corrected chi connectivity index (χ0v) is 18.6. The van der Waals surface area contributed by atoms with Gasteiger partial charge in [-0.2, -0.15) is 0 Å². The molecule has 0 atom stereocenters. The standard InChI is InChI=1S/C9H11O.3C4H9.Sn/c1-2-3-4-5-9-6-7-10-8-9;3*1-3-4-2;/h1-2,6-8H,3-5H2;3*1,3-4H2,2H3;. The van der Waals surface area contributed by atoms with Crippen LogP contribution in [0.15, 0.2) is 33.2 Å². The second-order valence-corrected chi connectivity index (χ2v) is 20.1. The van der Waals surface area contributed by atoms with Crippen LogP contribution in [0.5, 0.6) is 0 Å². The normalized spacial score (nSPS) is 12.3. The van der Waals surface area contributed by atoms with E-state index in [-0.39, 0.29) is 0 Å². The van der Waals surface area contributed by atoms with Gasteiger partial charge in [0, 0.05) is 0 Å². The van der Waals surface area contributed by atoms with Gasteiger partial charge in [-0.1, -0.05) is 0 Å². The van der Waals surface area contributed by atoms with E-state index in [0.717, 1.165) is 6.42 Å². The number of allylic oxidation sites excluding steroid dienone is 1. The van der Waals surface area contributed by atoms with Gasteiger partial charge in [0.15, 0.2) is 0 Å². The van der Waals surface area contributed by atoms with Crippen molar-refractivity contribution in [1.29, 1.82) is 0 Å². The molecule has 1 aromatic rings. The maximum atomic E-state index is 5.15. The molecular formula is C21H38OSn. The Labute approximate surface area is 148 Å². The molecule has 0 aromatic carbocycles. The summed E-state index contributed by atoms with van der Waals surface area (Å²) in [6.07, 6.45) is 18.4. The van der Waals surface area contributed by atoms with E-state index in [2.05, 4.69) is 37.0 Å². The van der Waals surface area contributed by atoms with Crippen LogP contribution in [0.1, 0.15) is 77.7 Å². The van der Waals surface area contributed by atoms with Gasteiger partial charge in [0.25, 0.3) is 0 Å². The van der Waals surface area contributed by atoms with Crippen LogP contribution in [0.4, 0.5) is 0 Å². The summed E-state index contributed by atoms with van der Waals surface area (Å²) in [5.74, 6) is 0. The van der Waals surface area contributed by atoms with Gasteiger partial charge in [-0.25, -0.2) is 0 Å². The Balaban J connectivity index is 2.53. The molecule has 0 unspecified atom stereocenters. The van der Waals surface area contributed by atoms with Gasteiger partial charge in [-0.15, -0.1) is 0 Å². The molecule has 132 valence electrons. The third-order valence-electron chi connectivity index (χ3n) is 4.97. The van der Waals surface area contributed by atoms with Crippen molar-refractivity contribution in [2.75, 3.05) is 0 Å². The van der Waals surface area contributed by atoms with E-state index in [1.54, 1.807) is 19.6 Å². The molecule has 2 heteroatoms. The number of aryl methyl sites for hydroxylation is 1. The molecule has 0 aliphatic carbocycles. The second-order valence-electron chi connectivity index (χ2n) is 7.10. The number of furan rings is 1. The van der Waals surface area contributed by atoms with Gasteiger partial charge in [0.05, 0.1) is 0 Å². The molecule has 1 nitrogen and oxygen atoms in total. The van der Waals surface area contributed by atoms with E-state index >= 15 is 0 Å². The van der Waals surface area contributed by atoms with Crippen LogP contribution in [-0.2, 0) is 6.42 Å². The molecule has 0 amide bonds. The van der Waals surface area contributed by atoms with Gasteiger partial charge < -0.3 is 0 Å². The van der Waals surface area contributed by atoms with Crippen LogP contribution in [0, 0.1) is 0 Å². The molecule has 0 fully saturated rings. The Bertz CT molecular complexity index is 372. The topological polar surface area (TPSA) is 13.1 Å². The zero-order valence-electron chi connectivity index (χ0n) is 15.8. The summed E-state index contributed by atoms with van der Waals surface area (Å²) in [4.78, 5) is 0. The first-order chi connectivity index (χ1) is 11.3. The molecule has 1 heterocycles. The van der Waals surface area contributed by atoms with Crippen molar-refractivity contribution in [2.24, 2.45) is 0 Å². The number of hydrogen-bond acceptors (Lipinski definition) is 1. The van der Waals surface area contributed by atoms with Crippen molar-refractivity contribution >= 4 is 18.4 Å². The predicted octanol–water partition coefficient (Wildman–Crippen LogP) is 7.55. The van der Waals surface area contributed by atoms with Crippen LogP contribution in [0.3, 0.4) is 0 Å². The maximum absolute atomic E-state index is 5.15. The molecular weight excluding hydrogens is 387 g/mol. The van der Waals surface area contributed by atoms with E-state index in [1.807, 2.05) is 6.26 Å². The third kappa shape index (κ3) is 9.02. The molecule has 0 N–H and O–H groups in total. The Morgan fingerprint density at radius 2 is 1.52 bits per heavy atom. The van der Waals surface area contributed by atoms with Gasteiger partial charge in [0.1, 0.15) is 0 Å². The second kappa shape index (κ2) is 13.1. The fourth-order valence-electron chi connectivity index (χ4n) is 3.40. The summed E-state index contributed by atoms with van der Waals surface area (Å²) in [6.45, 7) is 7.06. The van der Waals surface area contributed by atoms with E-state index in [1.165, 1.54) is 56.9 Å². The Morgan fingerprint density at radius 3 is 2.00 bits per heavy atom. The summed E-state index contributed by atoms with van der Waals surface area (Å²) < 4.78 is 12.7. The zero-order chi connectivity index (χ0) is 16.8. The van der Waals surface area contributed by atoms with Crippen LogP contribution < -0.4 is 0 Å². The van der Waals surface area contributed by atoms with Crippen molar-refractivity contribution in [3.63, 3.8) is 0 Å². The molecule has 0 bridgehead atoms. The first-order valence-corrected chi connectivity index (χ1v) is 17.7. The molecule has 23 heavy (non-hydrogen) atoms. The Hall–Kier alpha value is -0.181. The monoisotopic (exact) mass is 426 g/mol. The van der Waals surface area contributed by atoms with E-state index < -0.39 is 18.4 Å². The average Bonchev–Trinajstić information content (AvgIpc) is 3.09. The summed E-state index contributed by atoms with van der Waals surface area (Å²) in [5.41, 5.74) is 1.34. The van der Waals surface area contributed by atoms with Gasteiger partial charge in [0.2, 0.25) is 0 Å². The fraction of sp³-hybridized carbons (Fsp3) is 0.714. The summed E-state index contributed by atoms with van der Waals surface area (Å²) in [7, 11) is 0. The summed E-state index contributed by atoms with van der Waals surface area (Å²) in [5, 5.41) is 0. The van der Waals surface area contributed by atoms with Crippen LogP contribution in [0.2, 0.25) is 13.3 Å². The molecule has 0 aliphatic rings. The van der Waals surface area contributed by atoms with E-state index in [4.69, 9.17) is 4.42 Å². The minimum absolute atomic E-state index is 1.15. The quantitative estimate of drug-likeness (QED) is 0.222. The minimum atomic E-state index is -2.02. The molecule has 0 saturated heterocycles. The average molecular weight is 425 g/mol. The summed E-state index contributed by atoms with van der Waals surface area (Å²) >= 11 is -2.02. The number of rotatable bonds is 14. The van der Waals surface area contributed by atoms with Crippen molar-refractivity contribution in [1.82, 2.24) is 0 Å². The van der Waals surface area contributed by atoms with E-state index in [9.17, 15) is 0 Å². The molecule has 1 rings (SSSR count). The van der Waals surface area contributed by atoms with E-state index in [0.29, 0.717) is 0 Å². The fourth-order valence-corrected chi connectivity index (χ4v) is 17.9. The van der Waals surface area contributed by atoms with Crippen molar-refractivity contribution in [3.05, 3.63) is 34.3 Å². The van der Waals surface area contributed by atoms with Crippen molar-refractivity contribution in [2.45, 2.75) is 91.9 Å². The first kappa shape index (κ1) is 20.9. The Morgan fingerprint density at radius 1 is 0.913 bits per heavy atom. The molecule has 0 spiro atoms. The van der Waals surface area contributed by atoms with Crippen molar-refractivity contribution < 1.29 is 4.42 Å². The van der Waals surface area contributed by atoms with Crippen LogP contribution >= 0.6 is 0 Å².